The molecule has 3 nitrogen and oxygen atoms in total. The van der Waals surface area contributed by atoms with Crippen LogP contribution in [-0.2, 0) is 0 Å². The van der Waals surface area contributed by atoms with Crippen LogP contribution in [0.5, 0.6) is 0 Å². The number of nitrogen functional groups attached to an aromatic ring is 1. The number of halogens is 1. The van der Waals surface area contributed by atoms with Crippen LogP contribution in [0.15, 0.2) is 16.7 Å². The van der Waals surface area contributed by atoms with Crippen molar-refractivity contribution >= 4 is 27.4 Å². The molecule has 0 radical (unpaired) electrons. The van der Waals surface area contributed by atoms with Crippen molar-refractivity contribution in [2.75, 3.05) is 11.1 Å². The Balaban J connectivity index is 1.99. The Kier molecular flexibility index (Phi) is 4.26. The highest BCUT2D eigenvalue weighted by Crippen LogP contribution is 2.29. The Morgan fingerprint density at radius 3 is 2.76 bits per heavy atom. The van der Waals surface area contributed by atoms with Crippen LogP contribution in [0.1, 0.15) is 39.0 Å². The monoisotopic (exact) mass is 297 g/mol. The SMILES string of the molecule is CC(Nc1ncc(Br)cc1N)C1CCCCC1. The average molecular weight is 298 g/mol. The van der Waals surface area contributed by atoms with E-state index in [0.29, 0.717) is 11.7 Å². The number of nitrogens with zero attached hydrogens (tertiary/aromatic N) is 1. The van der Waals surface area contributed by atoms with E-state index in [1.54, 1.807) is 6.20 Å². The number of hydrogen-bond acceptors (Lipinski definition) is 3. The zero-order chi connectivity index (χ0) is 12.3. The molecule has 3 N–H and O–H groups in total. The zero-order valence-electron chi connectivity index (χ0n) is 10.2. The summed E-state index contributed by atoms with van der Waals surface area (Å²) in [6, 6.07) is 2.34. The number of anilines is 2. The van der Waals surface area contributed by atoms with Gasteiger partial charge in [-0.1, -0.05) is 19.3 Å². The van der Waals surface area contributed by atoms with Crippen LogP contribution in [0, 0.1) is 5.92 Å². The number of rotatable bonds is 3. The van der Waals surface area contributed by atoms with Crippen molar-refractivity contribution in [2.45, 2.75) is 45.1 Å². The standard InChI is InChI=1S/C13H20BrN3/c1-9(10-5-3-2-4-6-10)17-13-12(15)7-11(14)8-16-13/h7-10H,2-6,15H2,1H3,(H,16,17). The number of aromatic nitrogens is 1. The molecule has 94 valence electrons. The topological polar surface area (TPSA) is 50.9 Å². The molecular weight excluding hydrogens is 278 g/mol. The molecule has 0 aliphatic heterocycles. The number of hydrogen-bond donors (Lipinski definition) is 2. The third kappa shape index (κ3) is 3.35. The van der Waals surface area contributed by atoms with E-state index in [0.717, 1.165) is 16.2 Å². The molecule has 1 aromatic rings. The minimum absolute atomic E-state index is 0.450. The summed E-state index contributed by atoms with van der Waals surface area (Å²) >= 11 is 3.37. The molecule has 17 heavy (non-hydrogen) atoms. The van der Waals surface area contributed by atoms with Crippen molar-refractivity contribution in [3.05, 3.63) is 16.7 Å². The van der Waals surface area contributed by atoms with Gasteiger partial charge in [-0.25, -0.2) is 4.98 Å². The third-order valence-corrected chi connectivity index (χ3v) is 4.04. The molecule has 0 aromatic carbocycles. The zero-order valence-corrected chi connectivity index (χ0v) is 11.8. The molecule has 0 bridgehead atoms. The molecule has 1 aliphatic rings. The van der Waals surface area contributed by atoms with E-state index in [1.165, 1.54) is 32.1 Å². The average Bonchev–Trinajstić information content (AvgIpc) is 2.34. The normalized spacial score (nSPS) is 18.9. The van der Waals surface area contributed by atoms with E-state index in [4.69, 9.17) is 5.73 Å². The fourth-order valence-corrected chi connectivity index (χ4v) is 2.89. The van der Waals surface area contributed by atoms with Crippen molar-refractivity contribution in [1.29, 1.82) is 0 Å². The first-order chi connectivity index (χ1) is 8.16. The van der Waals surface area contributed by atoms with Crippen LogP contribution in [0.4, 0.5) is 11.5 Å². The lowest BCUT2D eigenvalue weighted by Gasteiger charge is -2.28. The van der Waals surface area contributed by atoms with E-state index in [-0.39, 0.29) is 0 Å². The second kappa shape index (κ2) is 5.71. The first-order valence-corrected chi connectivity index (χ1v) is 7.13. The lowest BCUT2D eigenvalue weighted by molar-refractivity contribution is 0.328. The van der Waals surface area contributed by atoms with Crippen molar-refractivity contribution in [1.82, 2.24) is 4.98 Å². The van der Waals surface area contributed by atoms with Gasteiger partial charge in [0, 0.05) is 16.7 Å². The van der Waals surface area contributed by atoms with Gasteiger partial charge in [-0.15, -0.1) is 0 Å². The summed E-state index contributed by atoms with van der Waals surface area (Å²) in [5, 5.41) is 3.45. The highest BCUT2D eigenvalue weighted by Gasteiger charge is 2.20. The van der Waals surface area contributed by atoms with Gasteiger partial charge in [0.05, 0.1) is 5.69 Å². The summed E-state index contributed by atoms with van der Waals surface area (Å²) in [6.07, 6.45) is 8.54. The maximum absolute atomic E-state index is 5.94. The first-order valence-electron chi connectivity index (χ1n) is 6.34. The van der Waals surface area contributed by atoms with E-state index in [9.17, 15) is 0 Å². The van der Waals surface area contributed by atoms with Gasteiger partial charge in [0.1, 0.15) is 5.82 Å². The Bertz CT molecular complexity index is 375. The maximum Gasteiger partial charge on any atom is 0.149 e. The van der Waals surface area contributed by atoms with Gasteiger partial charge in [0.15, 0.2) is 0 Å². The second-order valence-electron chi connectivity index (χ2n) is 4.92. The van der Waals surface area contributed by atoms with Gasteiger partial charge >= 0.3 is 0 Å². The molecule has 1 heterocycles. The molecule has 0 saturated heterocycles. The summed E-state index contributed by atoms with van der Waals surface area (Å²) in [7, 11) is 0. The first kappa shape index (κ1) is 12.7. The minimum atomic E-state index is 0.450. The molecule has 1 saturated carbocycles. The van der Waals surface area contributed by atoms with Crippen LogP contribution in [0.3, 0.4) is 0 Å². The predicted molar refractivity (Wildman–Crippen MR) is 76.0 cm³/mol. The largest absolute Gasteiger partial charge is 0.396 e. The Labute approximate surface area is 111 Å². The highest BCUT2D eigenvalue weighted by atomic mass is 79.9. The molecule has 0 spiro atoms. The molecule has 1 aromatic heterocycles. The summed E-state index contributed by atoms with van der Waals surface area (Å²) in [4.78, 5) is 4.33. The van der Waals surface area contributed by atoms with E-state index in [2.05, 4.69) is 33.2 Å². The number of nitrogens with one attached hydrogen (secondary N) is 1. The fraction of sp³-hybridized carbons (Fsp3) is 0.615. The Hall–Kier alpha value is -0.770. The second-order valence-corrected chi connectivity index (χ2v) is 5.84. The van der Waals surface area contributed by atoms with E-state index in [1.807, 2.05) is 6.07 Å². The molecule has 0 amide bonds. The van der Waals surface area contributed by atoms with Crippen molar-refractivity contribution < 1.29 is 0 Å². The molecular formula is C13H20BrN3. The van der Waals surface area contributed by atoms with E-state index >= 15 is 0 Å². The summed E-state index contributed by atoms with van der Waals surface area (Å²) in [6.45, 7) is 2.24. The lowest BCUT2D eigenvalue weighted by Crippen LogP contribution is -2.28. The van der Waals surface area contributed by atoms with Crippen LogP contribution >= 0.6 is 15.9 Å². The number of pyridine rings is 1. The number of nitrogens with two attached hydrogens (primary N) is 1. The Morgan fingerprint density at radius 1 is 1.41 bits per heavy atom. The fourth-order valence-electron chi connectivity index (χ4n) is 2.54. The van der Waals surface area contributed by atoms with Gasteiger partial charge in [0.25, 0.3) is 0 Å². The smallest absolute Gasteiger partial charge is 0.149 e. The van der Waals surface area contributed by atoms with Gasteiger partial charge in [0.2, 0.25) is 0 Å². The van der Waals surface area contributed by atoms with Crippen molar-refractivity contribution in [3.8, 4) is 0 Å². The van der Waals surface area contributed by atoms with Crippen molar-refractivity contribution in [3.63, 3.8) is 0 Å². The minimum Gasteiger partial charge on any atom is -0.396 e. The molecule has 1 unspecified atom stereocenters. The molecule has 1 aliphatic carbocycles. The van der Waals surface area contributed by atoms with Crippen LogP contribution in [0.2, 0.25) is 0 Å². The quantitative estimate of drug-likeness (QED) is 0.892. The summed E-state index contributed by atoms with van der Waals surface area (Å²) in [5.74, 6) is 1.57. The van der Waals surface area contributed by atoms with Crippen LogP contribution in [-0.4, -0.2) is 11.0 Å². The lowest BCUT2D eigenvalue weighted by atomic mass is 9.84. The van der Waals surface area contributed by atoms with Gasteiger partial charge in [-0.2, -0.15) is 0 Å². The highest BCUT2D eigenvalue weighted by molar-refractivity contribution is 9.10. The van der Waals surface area contributed by atoms with Crippen molar-refractivity contribution in [2.24, 2.45) is 5.92 Å². The third-order valence-electron chi connectivity index (χ3n) is 3.61. The maximum atomic E-state index is 5.94. The summed E-state index contributed by atoms with van der Waals surface area (Å²) in [5.41, 5.74) is 6.65. The summed E-state index contributed by atoms with van der Waals surface area (Å²) < 4.78 is 0.922. The van der Waals surface area contributed by atoms with Gasteiger partial charge in [-0.3, -0.25) is 0 Å². The van der Waals surface area contributed by atoms with Gasteiger partial charge < -0.3 is 11.1 Å². The molecule has 4 heteroatoms. The molecule has 2 rings (SSSR count). The molecule has 1 fully saturated rings. The molecule has 1 atom stereocenters. The Morgan fingerprint density at radius 2 is 2.12 bits per heavy atom. The van der Waals surface area contributed by atoms with Crippen LogP contribution in [0.25, 0.3) is 0 Å². The predicted octanol–water partition coefficient (Wildman–Crippen LogP) is 3.81. The van der Waals surface area contributed by atoms with Crippen LogP contribution < -0.4 is 11.1 Å². The van der Waals surface area contributed by atoms with E-state index < -0.39 is 0 Å². The van der Waals surface area contributed by atoms with Gasteiger partial charge in [-0.05, 0) is 47.7 Å².